The summed E-state index contributed by atoms with van der Waals surface area (Å²) >= 11 is 2.70. The second-order valence-corrected chi connectivity index (χ2v) is 11.1. The Labute approximate surface area is 237 Å². The van der Waals surface area contributed by atoms with Gasteiger partial charge in [-0.15, -0.1) is 20.4 Å². The lowest BCUT2D eigenvalue weighted by atomic mass is 9.82. The highest BCUT2D eigenvalue weighted by Gasteiger charge is 2.29. The first-order valence-electron chi connectivity index (χ1n) is 12.4. The van der Waals surface area contributed by atoms with E-state index in [4.69, 9.17) is 6.57 Å². The van der Waals surface area contributed by atoms with E-state index in [9.17, 15) is 14.9 Å². The van der Waals surface area contributed by atoms with E-state index in [1.807, 2.05) is 6.07 Å². The van der Waals surface area contributed by atoms with Gasteiger partial charge in [0.2, 0.25) is 27.8 Å². The van der Waals surface area contributed by atoms with Crippen LogP contribution in [-0.2, 0) is 22.4 Å². The number of nitrogens with zero attached hydrogens (tertiary/aromatic N) is 8. The Kier molecular flexibility index (Phi) is 8.39. The molecule has 2 atom stereocenters. The van der Waals surface area contributed by atoms with Gasteiger partial charge in [0, 0.05) is 24.2 Å². The maximum atomic E-state index is 12.5. The molecule has 0 aromatic carbocycles. The van der Waals surface area contributed by atoms with E-state index in [0.29, 0.717) is 32.9 Å². The fourth-order valence-corrected chi connectivity index (χ4v) is 6.33. The van der Waals surface area contributed by atoms with Gasteiger partial charge in [0.05, 0.1) is 36.4 Å². The molecule has 5 rings (SSSR count). The molecular formula is C26H22N10O2S2. The number of rotatable bonds is 8. The van der Waals surface area contributed by atoms with Crippen molar-refractivity contribution in [1.29, 1.82) is 5.26 Å². The minimum absolute atomic E-state index is 0.0176. The average Bonchev–Trinajstić information content (AvgIpc) is 3.63. The summed E-state index contributed by atoms with van der Waals surface area (Å²) < 4.78 is 0. The topological polar surface area (TPSA) is 164 Å². The summed E-state index contributed by atoms with van der Waals surface area (Å²) in [7, 11) is 0. The molecule has 12 nitrogen and oxygen atoms in total. The van der Waals surface area contributed by atoms with Crippen molar-refractivity contribution < 1.29 is 9.59 Å². The molecule has 4 aromatic heterocycles. The highest BCUT2D eigenvalue weighted by molar-refractivity contribution is 7.15. The zero-order valence-corrected chi connectivity index (χ0v) is 22.7. The predicted octanol–water partition coefficient (Wildman–Crippen LogP) is 4.41. The summed E-state index contributed by atoms with van der Waals surface area (Å²) in [4.78, 5) is 36.7. The Bertz CT molecular complexity index is 1500. The number of nitriles is 1. The first kappa shape index (κ1) is 26.9. The smallest absolute Gasteiger partial charge is 0.232 e. The summed E-state index contributed by atoms with van der Waals surface area (Å²) in [6, 6.07) is 8.62. The van der Waals surface area contributed by atoms with Gasteiger partial charge in [0.1, 0.15) is 16.1 Å². The molecule has 2 N–H and O–H groups in total. The van der Waals surface area contributed by atoms with E-state index < -0.39 is 0 Å². The fourth-order valence-electron chi connectivity index (χ4n) is 4.52. The fraction of sp³-hybridized carbons (Fsp3) is 0.308. The van der Waals surface area contributed by atoms with Gasteiger partial charge >= 0.3 is 0 Å². The highest BCUT2D eigenvalue weighted by Crippen LogP contribution is 2.43. The number of carbonyl (C=O) groups excluding carboxylic acids is 2. The molecule has 200 valence electrons. The van der Waals surface area contributed by atoms with Crippen molar-refractivity contribution in [1.82, 2.24) is 30.4 Å². The minimum Gasteiger partial charge on any atom is -0.300 e. The zero-order valence-electron chi connectivity index (χ0n) is 21.1. The van der Waals surface area contributed by atoms with Crippen molar-refractivity contribution in [3.05, 3.63) is 75.0 Å². The van der Waals surface area contributed by atoms with Crippen molar-refractivity contribution in [2.75, 3.05) is 10.6 Å². The van der Waals surface area contributed by atoms with Crippen LogP contribution in [0.25, 0.3) is 4.85 Å². The summed E-state index contributed by atoms with van der Waals surface area (Å²) in [5.74, 6) is -0.276. The van der Waals surface area contributed by atoms with Crippen LogP contribution in [0.3, 0.4) is 0 Å². The van der Waals surface area contributed by atoms with Crippen molar-refractivity contribution in [3.63, 3.8) is 0 Å². The normalized spacial score (nSPS) is 16.4. The van der Waals surface area contributed by atoms with E-state index in [2.05, 4.69) is 45.8 Å². The monoisotopic (exact) mass is 570 g/mol. The van der Waals surface area contributed by atoms with Crippen LogP contribution in [0.2, 0.25) is 0 Å². The third-order valence-corrected chi connectivity index (χ3v) is 8.40. The first-order valence-corrected chi connectivity index (χ1v) is 14.1. The van der Waals surface area contributed by atoms with Gasteiger partial charge in [0.25, 0.3) is 0 Å². The molecule has 2 amide bonds. The van der Waals surface area contributed by atoms with Crippen LogP contribution in [0.15, 0.2) is 36.7 Å². The second-order valence-electron chi connectivity index (χ2n) is 9.09. The van der Waals surface area contributed by atoms with E-state index in [-0.39, 0.29) is 36.5 Å². The summed E-state index contributed by atoms with van der Waals surface area (Å²) in [6.07, 6.45) is 6.76. The number of anilines is 2. The average molecular weight is 571 g/mol. The van der Waals surface area contributed by atoms with Gasteiger partial charge in [-0.2, -0.15) is 5.26 Å². The van der Waals surface area contributed by atoms with Gasteiger partial charge < -0.3 is 10.6 Å². The molecule has 0 aliphatic heterocycles. The molecule has 40 heavy (non-hydrogen) atoms. The van der Waals surface area contributed by atoms with E-state index in [1.165, 1.54) is 22.7 Å². The molecule has 1 aliphatic rings. The quantitative estimate of drug-likeness (QED) is 0.292. The Hall–Kier alpha value is -4.66. The number of carbonyl (C=O) groups is 2. The standard InChI is InChI=1S/C26H22N10O2S2/c1-28-18-8-4-10-30-20(18)13-22(38)32-26-36-34-24(40-26)16-6-2-5-15(11-16)23-33-35-25(39-23)31-21(37)12-19-17(14-27)7-3-9-29-19/h3-4,7-10,15-16H,2,5-6,11-13H2,(H,31,35,37)(H,32,36,38)/t15-,16-/m0/s1. The Balaban J connectivity index is 1.17. The summed E-state index contributed by atoms with van der Waals surface area (Å²) in [6.45, 7) is 7.23. The summed E-state index contributed by atoms with van der Waals surface area (Å²) in [5.41, 5.74) is 1.56. The van der Waals surface area contributed by atoms with Crippen molar-refractivity contribution in [3.8, 4) is 6.07 Å². The molecule has 4 heterocycles. The number of hydrogen-bond acceptors (Lipinski definition) is 11. The lowest BCUT2D eigenvalue weighted by Gasteiger charge is -2.25. The van der Waals surface area contributed by atoms with Crippen LogP contribution in [0.5, 0.6) is 0 Å². The third-order valence-electron chi connectivity index (χ3n) is 6.40. The van der Waals surface area contributed by atoms with Crippen molar-refractivity contribution >= 4 is 50.4 Å². The molecule has 0 saturated heterocycles. The molecule has 0 unspecified atom stereocenters. The van der Waals surface area contributed by atoms with Crippen LogP contribution in [0.4, 0.5) is 16.0 Å². The summed E-state index contributed by atoms with van der Waals surface area (Å²) in [5, 5.41) is 34.2. The van der Waals surface area contributed by atoms with E-state index in [0.717, 1.165) is 35.7 Å². The second kappa shape index (κ2) is 12.5. The van der Waals surface area contributed by atoms with Gasteiger partial charge in [-0.3, -0.25) is 19.6 Å². The molecular weight excluding hydrogens is 548 g/mol. The van der Waals surface area contributed by atoms with Crippen LogP contribution in [-0.4, -0.2) is 42.2 Å². The number of hydrogen-bond donors (Lipinski definition) is 2. The van der Waals surface area contributed by atoms with Crippen molar-refractivity contribution in [2.45, 2.75) is 50.4 Å². The molecule has 0 spiro atoms. The van der Waals surface area contributed by atoms with Crippen LogP contribution in [0.1, 0.15) is 64.5 Å². The van der Waals surface area contributed by atoms with Gasteiger partial charge in [0.15, 0.2) is 0 Å². The molecule has 1 saturated carbocycles. The molecule has 0 radical (unpaired) electrons. The first-order chi connectivity index (χ1) is 19.5. The number of amides is 2. The maximum Gasteiger partial charge on any atom is 0.232 e. The predicted molar refractivity (Wildman–Crippen MR) is 148 cm³/mol. The van der Waals surface area contributed by atoms with Crippen LogP contribution in [0, 0.1) is 17.9 Å². The molecule has 0 bridgehead atoms. The lowest BCUT2D eigenvalue weighted by Crippen LogP contribution is -2.15. The van der Waals surface area contributed by atoms with Crippen LogP contribution < -0.4 is 10.6 Å². The zero-order chi connectivity index (χ0) is 27.9. The lowest BCUT2D eigenvalue weighted by molar-refractivity contribution is -0.116. The number of pyridine rings is 2. The number of aromatic nitrogens is 6. The third kappa shape index (κ3) is 6.48. The van der Waals surface area contributed by atoms with Crippen LogP contribution >= 0.6 is 22.7 Å². The van der Waals surface area contributed by atoms with E-state index >= 15 is 0 Å². The SMILES string of the molecule is [C-]#[N+]c1cccnc1CC(=O)Nc1nnc([C@H]2CCC[C@H](c3nnc(NC(=O)Cc4ncccc4C#N)s3)C2)s1. The molecule has 1 aliphatic carbocycles. The Morgan fingerprint density at radius 2 is 1.50 bits per heavy atom. The minimum atomic E-state index is -0.309. The van der Waals surface area contributed by atoms with E-state index in [1.54, 1.807) is 36.7 Å². The largest absolute Gasteiger partial charge is 0.300 e. The molecule has 1 fully saturated rings. The molecule has 14 heteroatoms. The van der Waals surface area contributed by atoms with Gasteiger partial charge in [-0.1, -0.05) is 41.2 Å². The van der Waals surface area contributed by atoms with Gasteiger partial charge in [-0.25, -0.2) is 4.85 Å². The Morgan fingerprint density at radius 3 is 2.10 bits per heavy atom. The Morgan fingerprint density at radius 1 is 0.925 bits per heavy atom. The number of nitrogens with one attached hydrogen (secondary N) is 2. The van der Waals surface area contributed by atoms with Gasteiger partial charge in [-0.05, 0) is 31.4 Å². The van der Waals surface area contributed by atoms with Crippen molar-refractivity contribution in [2.24, 2.45) is 0 Å². The highest BCUT2D eigenvalue weighted by atomic mass is 32.1. The maximum absolute atomic E-state index is 12.5. The molecule has 4 aromatic rings.